The Morgan fingerprint density at radius 2 is 1.90 bits per heavy atom. The smallest absolute Gasteiger partial charge is 0.227 e. The average molecular weight is 405 g/mol. The molecule has 1 N–H and O–H groups in total. The number of carbonyl (C=O) groups excluding carboxylic acids is 2. The van der Waals surface area contributed by atoms with Crippen molar-refractivity contribution in [3.63, 3.8) is 0 Å². The number of aromatic nitrogens is 1. The second-order valence-corrected chi connectivity index (χ2v) is 7.35. The lowest BCUT2D eigenvalue weighted by atomic mass is 10.0. The first-order valence-electron chi connectivity index (χ1n) is 9.69. The summed E-state index contributed by atoms with van der Waals surface area (Å²) in [5.41, 5.74) is 2.39. The van der Waals surface area contributed by atoms with Gasteiger partial charge in [-0.05, 0) is 25.3 Å². The highest BCUT2D eigenvalue weighted by Gasteiger charge is 2.22. The first kappa shape index (κ1) is 21.1. The Balaban J connectivity index is 1.63. The fraction of sp³-hybridized carbons (Fsp3) is 0.304. The molecule has 3 aromatic rings. The first-order chi connectivity index (χ1) is 14.3. The van der Waals surface area contributed by atoms with Crippen molar-refractivity contribution in [1.29, 1.82) is 5.26 Å². The van der Waals surface area contributed by atoms with Crippen molar-refractivity contribution in [2.24, 2.45) is 0 Å². The van der Waals surface area contributed by atoms with Gasteiger partial charge in [0.2, 0.25) is 11.8 Å². The third-order valence-electron chi connectivity index (χ3n) is 4.78. The number of carbonyl (C=O) groups is 2. The Hall–Kier alpha value is -3.66. The molecule has 0 atom stereocenters. The molecule has 0 saturated heterocycles. The SMILES string of the molecule is CC(=O)c1c(C)oc(NC(=O)CCc2ncc(-c3ccc(C(C)C)cc3)o2)c1C#N. The molecule has 0 radical (unpaired) electrons. The highest BCUT2D eigenvalue weighted by molar-refractivity contribution is 6.00. The monoisotopic (exact) mass is 405 g/mol. The van der Waals surface area contributed by atoms with Gasteiger partial charge in [0.05, 0.1) is 11.8 Å². The van der Waals surface area contributed by atoms with Crippen LogP contribution in [-0.4, -0.2) is 16.7 Å². The van der Waals surface area contributed by atoms with Gasteiger partial charge in [0.25, 0.3) is 0 Å². The molecule has 3 rings (SSSR count). The normalized spacial score (nSPS) is 10.8. The number of nitrogens with zero attached hydrogens (tertiary/aromatic N) is 2. The van der Waals surface area contributed by atoms with E-state index in [1.54, 1.807) is 13.1 Å². The van der Waals surface area contributed by atoms with Crippen LogP contribution in [0.1, 0.15) is 66.2 Å². The van der Waals surface area contributed by atoms with Gasteiger partial charge in [-0.1, -0.05) is 38.1 Å². The number of amides is 1. The van der Waals surface area contributed by atoms with Crippen LogP contribution in [0.2, 0.25) is 0 Å². The minimum Gasteiger partial charge on any atom is -0.443 e. The molecule has 0 fully saturated rings. The zero-order valence-electron chi connectivity index (χ0n) is 17.4. The fourth-order valence-corrected chi connectivity index (χ4v) is 3.16. The van der Waals surface area contributed by atoms with E-state index >= 15 is 0 Å². The van der Waals surface area contributed by atoms with E-state index in [2.05, 4.69) is 36.3 Å². The van der Waals surface area contributed by atoms with Crippen molar-refractivity contribution in [2.45, 2.75) is 46.5 Å². The van der Waals surface area contributed by atoms with Gasteiger partial charge >= 0.3 is 0 Å². The van der Waals surface area contributed by atoms with E-state index in [-0.39, 0.29) is 41.5 Å². The lowest BCUT2D eigenvalue weighted by Gasteiger charge is -2.05. The van der Waals surface area contributed by atoms with Gasteiger partial charge in [0.1, 0.15) is 17.4 Å². The van der Waals surface area contributed by atoms with E-state index in [4.69, 9.17) is 8.83 Å². The van der Waals surface area contributed by atoms with Gasteiger partial charge in [-0.15, -0.1) is 0 Å². The maximum atomic E-state index is 12.3. The molecule has 1 aromatic carbocycles. The molecule has 0 spiro atoms. The Morgan fingerprint density at radius 3 is 2.50 bits per heavy atom. The van der Waals surface area contributed by atoms with E-state index in [0.29, 0.717) is 23.3 Å². The predicted octanol–water partition coefficient (Wildman–Crippen LogP) is 5.01. The van der Waals surface area contributed by atoms with E-state index < -0.39 is 0 Å². The molecule has 2 aromatic heterocycles. The molecule has 0 bridgehead atoms. The number of anilines is 1. The van der Waals surface area contributed by atoms with Gasteiger partial charge in [-0.2, -0.15) is 5.26 Å². The van der Waals surface area contributed by atoms with Gasteiger partial charge in [-0.25, -0.2) is 4.98 Å². The van der Waals surface area contributed by atoms with Crippen LogP contribution in [-0.2, 0) is 11.2 Å². The topological polar surface area (TPSA) is 109 Å². The zero-order chi connectivity index (χ0) is 21.8. The fourth-order valence-electron chi connectivity index (χ4n) is 3.16. The van der Waals surface area contributed by atoms with Crippen molar-refractivity contribution in [3.05, 3.63) is 58.8 Å². The number of nitrogens with one attached hydrogen (secondary N) is 1. The van der Waals surface area contributed by atoms with Gasteiger partial charge in [0.15, 0.2) is 17.4 Å². The summed E-state index contributed by atoms with van der Waals surface area (Å²) in [7, 11) is 0. The molecule has 0 saturated carbocycles. The van der Waals surface area contributed by atoms with Crippen molar-refractivity contribution in [3.8, 4) is 17.4 Å². The predicted molar refractivity (Wildman–Crippen MR) is 111 cm³/mol. The van der Waals surface area contributed by atoms with E-state index in [0.717, 1.165) is 5.56 Å². The minimum absolute atomic E-state index is 0.0106. The van der Waals surface area contributed by atoms with E-state index in [9.17, 15) is 14.9 Å². The first-order valence-corrected chi connectivity index (χ1v) is 9.69. The summed E-state index contributed by atoms with van der Waals surface area (Å²) in [4.78, 5) is 28.2. The van der Waals surface area contributed by atoms with Crippen LogP contribution in [0.5, 0.6) is 0 Å². The number of hydrogen-bond donors (Lipinski definition) is 1. The molecule has 0 aliphatic carbocycles. The maximum absolute atomic E-state index is 12.3. The van der Waals surface area contributed by atoms with E-state index in [1.807, 2.05) is 18.2 Å². The Morgan fingerprint density at radius 1 is 1.20 bits per heavy atom. The average Bonchev–Trinajstić information content (AvgIpc) is 3.30. The quantitative estimate of drug-likeness (QED) is 0.553. The van der Waals surface area contributed by atoms with Crippen molar-refractivity contribution < 1.29 is 18.4 Å². The second-order valence-electron chi connectivity index (χ2n) is 7.35. The van der Waals surface area contributed by atoms with E-state index in [1.165, 1.54) is 12.5 Å². The zero-order valence-corrected chi connectivity index (χ0v) is 17.4. The van der Waals surface area contributed by atoms with Crippen LogP contribution in [0, 0.1) is 18.3 Å². The third kappa shape index (κ3) is 4.49. The lowest BCUT2D eigenvalue weighted by molar-refractivity contribution is -0.116. The number of aryl methyl sites for hydroxylation is 2. The number of hydrogen-bond acceptors (Lipinski definition) is 6. The van der Waals surface area contributed by atoms with Crippen molar-refractivity contribution >= 4 is 17.6 Å². The summed E-state index contributed by atoms with van der Waals surface area (Å²) in [6.45, 7) is 7.20. The molecular formula is C23H23N3O4. The molecule has 0 unspecified atom stereocenters. The summed E-state index contributed by atoms with van der Waals surface area (Å²) in [5, 5.41) is 11.9. The Bertz CT molecular complexity index is 1110. The minimum atomic E-state index is -0.364. The lowest BCUT2D eigenvalue weighted by Crippen LogP contribution is -2.13. The number of furan rings is 1. The molecule has 7 nitrogen and oxygen atoms in total. The van der Waals surface area contributed by atoms with Gasteiger partial charge in [0, 0.05) is 18.4 Å². The van der Waals surface area contributed by atoms with Crippen LogP contribution in [0.25, 0.3) is 11.3 Å². The van der Waals surface area contributed by atoms with Gasteiger partial charge < -0.3 is 8.83 Å². The Labute approximate surface area is 174 Å². The maximum Gasteiger partial charge on any atom is 0.227 e. The van der Waals surface area contributed by atoms with Crippen LogP contribution >= 0.6 is 0 Å². The third-order valence-corrected chi connectivity index (χ3v) is 4.78. The molecule has 2 heterocycles. The molecule has 154 valence electrons. The molecule has 7 heteroatoms. The highest BCUT2D eigenvalue weighted by Crippen LogP contribution is 2.27. The summed E-state index contributed by atoms with van der Waals surface area (Å²) in [6, 6.07) is 10.0. The summed E-state index contributed by atoms with van der Waals surface area (Å²) in [5.74, 6) is 1.17. The molecular weight excluding hydrogens is 382 g/mol. The number of oxazole rings is 1. The molecule has 0 aliphatic rings. The highest BCUT2D eigenvalue weighted by atomic mass is 16.4. The number of benzene rings is 1. The van der Waals surface area contributed by atoms with Crippen LogP contribution in [0.3, 0.4) is 0 Å². The number of rotatable bonds is 7. The van der Waals surface area contributed by atoms with Crippen LogP contribution < -0.4 is 5.32 Å². The van der Waals surface area contributed by atoms with Crippen molar-refractivity contribution in [1.82, 2.24) is 4.98 Å². The summed E-state index contributed by atoms with van der Waals surface area (Å²) >= 11 is 0. The summed E-state index contributed by atoms with van der Waals surface area (Å²) < 4.78 is 11.2. The van der Waals surface area contributed by atoms with Crippen LogP contribution in [0.4, 0.5) is 5.88 Å². The van der Waals surface area contributed by atoms with Crippen molar-refractivity contribution in [2.75, 3.05) is 5.32 Å². The Kier molecular flexibility index (Phi) is 6.17. The number of nitriles is 1. The molecule has 30 heavy (non-hydrogen) atoms. The number of ketones is 1. The summed E-state index contributed by atoms with van der Waals surface area (Å²) in [6.07, 6.45) is 2.02. The van der Waals surface area contributed by atoms with Crippen LogP contribution in [0.15, 0.2) is 39.3 Å². The molecule has 0 aliphatic heterocycles. The standard InChI is InChI=1S/C23H23N3O4/c1-13(2)16-5-7-17(8-6-16)19-12-25-21(30-19)10-9-20(28)26-23-18(11-24)22(14(3)27)15(4)29-23/h5-8,12-13H,9-10H2,1-4H3,(H,26,28). The number of Topliss-reactive ketones (excluding diaryl/α,β-unsaturated/α-hetero) is 1. The van der Waals surface area contributed by atoms with Gasteiger partial charge in [-0.3, -0.25) is 14.9 Å². The molecule has 1 amide bonds. The largest absolute Gasteiger partial charge is 0.443 e. The second kappa shape index (κ2) is 8.78.